The second-order valence-electron chi connectivity index (χ2n) is 2.95. The van der Waals surface area contributed by atoms with Gasteiger partial charge in [-0.2, -0.15) is 0 Å². The second kappa shape index (κ2) is 3.24. The fourth-order valence-electron chi connectivity index (χ4n) is 1.35. The number of nitrogens with two attached hydrogens (primary N) is 1. The molecular weight excluding hydrogens is 198 g/mol. The smallest absolute Gasteiger partial charge is 0.0898 e. The van der Waals surface area contributed by atoms with Crippen LogP contribution in [0.3, 0.4) is 0 Å². The molecule has 68 valence electrons. The van der Waals surface area contributed by atoms with Crippen LogP contribution in [-0.4, -0.2) is 6.26 Å². The van der Waals surface area contributed by atoms with Gasteiger partial charge in [-0.3, -0.25) is 0 Å². The van der Waals surface area contributed by atoms with E-state index in [9.17, 15) is 0 Å². The van der Waals surface area contributed by atoms with Crippen molar-refractivity contribution in [2.45, 2.75) is 11.8 Å². The van der Waals surface area contributed by atoms with Crippen molar-refractivity contribution in [1.29, 1.82) is 0 Å². The van der Waals surface area contributed by atoms with Gasteiger partial charge >= 0.3 is 0 Å². The van der Waals surface area contributed by atoms with E-state index in [0.29, 0.717) is 0 Å². The Hall–Kier alpha value is -0.670. The first-order valence-electron chi connectivity index (χ1n) is 4.05. The van der Waals surface area contributed by atoms with Crippen LogP contribution in [0.25, 0.3) is 10.1 Å². The lowest BCUT2D eigenvalue weighted by molar-refractivity contribution is 1.50. The summed E-state index contributed by atoms with van der Waals surface area (Å²) in [6.45, 7) is 2.08. The lowest BCUT2D eigenvalue weighted by Gasteiger charge is -1.96. The Labute approximate surface area is 85.9 Å². The Morgan fingerprint density at radius 3 is 2.85 bits per heavy atom. The minimum atomic E-state index is 0.938. The maximum Gasteiger partial charge on any atom is 0.0898 e. The molecule has 2 rings (SSSR count). The van der Waals surface area contributed by atoms with Crippen molar-refractivity contribution in [1.82, 2.24) is 0 Å². The maximum absolute atomic E-state index is 5.86. The molecule has 0 atom stereocenters. The van der Waals surface area contributed by atoms with Gasteiger partial charge < -0.3 is 5.73 Å². The van der Waals surface area contributed by atoms with E-state index < -0.39 is 0 Å². The van der Waals surface area contributed by atoms with E-state index in [2.05, 4.69) is 31.4 Å². The van der Waals surface area contributed by atoms with E-state index >= 15 is 0 Å². The van der Waals surface area contributed by atoms with Crippen LogP contribution in [0, 0.1) is 6.92 Å². The summed E-state index contributed by atoms with van der Waals surface area (Å²) >= 11 is 3.43. The lowest BCUT2D eigenvalue weighted by atomic mass is 10.2. The third-order valence-electron chi connectivity index (χ3n) is 2.18. The van der Waals surface area contributed by atoms with Gasteiger partial charge in [0, 0.05) is 9.60 Å². The molecule has 2 aromatic rings. The van der Waals surface area contributed by atoms with Crippen molar-refractivity contribution in [2.75, 3.05) is 12.0 Å². The summed E-state index contributed by atoms with van der Waals surface area (Å²) in [6, 6.07) is 6.50. The number of hydrogen-bond donors (Lipinski definition) is 1. The van der Waals surface area contributed by atoms with E-state index in [1.165, 1.54) is 20.5 Å². The van der Waals surface area contributed by atoms with Crippen molar-refractivity contribution in [3.8, 4) is 0 Å². The first-order valence-corrected chi connectivity index (χ1v) is 6.09. The van der Waals surface area contributed by atoms with E-state index in [0.717, 1.165) is 5.00 Å². The molecule has 0 spiro atoms. The summed E-state index contributed by atoms with van der Waals surface area (Å²) in [5.74, 6) is 0. The number of nitrogen functional groups attached to an aromatic ring is 1. The Morgan fingerprint density at radius 1 is 1.38 bits per heavy atom. The summed E-state index contributed by atoms with van der Waals surface area (Å²) in [5, 5.41) is 2.24. The molecule has 0 saturated carbocycles. The highest BCUT2D eigenvalue weighted by Gasteiger charge is 2.05. The monoisotopic (exact) mass is 209 g/mol. The molecule has 0 bridgehead atoms. The standard InChI is InChI=1S/C10H11NS2/c1-6-8-5-7(12-2)3-4-9(8)13-10(6)11/h3-5H,11H2,1-2H3. The van der Waals surface area contributed by atoms with Crippen LogP contribution >= 0.6 is 23.1 Å². The summed E-state index contributed by atoms with van der Waals surface area (Å²) in [6.07, 6.45) is 2.09. The molecule has 0 aliphatic heterocycles. The molecule has 0 amide bonds. The molecule has 0 saturated heterocycles. The Morgan fingerprint density at radius 2 is 2.15 bits per heavy atom. The van der Waals surface area contributed by atoms with Crippen molar-refractivity contribution in [3.05, 3.63) is 23.8 Å². The van der Waals surface area contributed by atoms with Gasteiger partial charge in [-0.1, -0.05) is 0 Å². The van der Waals surface area contributed by atoms with E-state index in [-0.39, 0.29) is 0 Å². The average molecular weight is 209 g/mol. The highest BCUT2D eigenvalue weighted by Crippen LogP contribution is 2.34. The van der Waals surface area contributed by atoms with Crippen molar-refractivity contribution >= 4 is 38.2 Å². The van der Waals surface area contributed by atoms with Crippen LogP contribution in [0.1, 0.15) is 5.56 Å². The fraction of sp³-hybridized carbons (Fsp3) is 0.200. The molecule has 0 unspecified atom stereocenters. The van der Waals surface area contributed by atoms with Crippen molar-refractivity contribution in [2.24, 2.45) is 0 Å². The number of thiophene rings is 1. The maximum atomic E-state index is 5.86. The number of aryl methyl sites for hydroxylation is 1. The lowest BCUT2D eigenvalue weighted by Crippen LogP contribution is -1.80. The first-order chi connectivity index (χ1) is 6.22. The average Bonchev–Trinajstić information content (AvgIpc) is 2.43. The number of rotatable bonds is 1. The third kappa shape index (κ3) is 1.42. The van der Waals surface area contributed by atoms with Gasteiger partial charge in [0.05, 0.1) is 5.00 Å². The number of thioether (sulfide) groups is 1. The zero-order valence-corrected chi connectivity index (χ0v) is 9.26. The first kappa shape index (κ1) is 8.91. The molecule has 0 aliphatic rings. The van der Waals surface area contributed by atoms with Gasteiger partial charge in [-0.15, -0.1) is 23.1 Å². The highest BCUT2D eigenvalue weighted by molar-refractivity contribution is 7.98. The molecule has 1 aromatic carbocycles. The zero-order chi connectivity index (χ0) is 9.42. The third-order valence-corrected chi connectivity index (χ3v) is 4.01. The van der Waals surface area contributed by atoms with Crippen LogP contribution in [-0.2, 0) is 0 Å². The SMILES string of the molecule is CSc1ccc2sc(N)c(C)c2c1. The van der Waals surface area contributed by atoms with Crippen LogP contribution in [0.2, 0.25) is 0 Å². The highest BCUT2D eigenvalue weighted by atomic mass is 32.2. The number of fused-ring (bicyclic) bond motifs is 1. The molecule has 0 fully saturated rings. The van der Waals surface area contributed by atoms with Gasteiger partial charge in [0.25, 0.3) is 0 Å². The largest absolute Gasteiger partial charge is 0.390 e. The molecule has 1 aromatic heterocycles. The fourth-order valence-corrected chi connectivity index (χ4v) is 2.74. The van der Waals surface area contributed by atoms with Gasteiger partial charge in [0.15, 0.2) is 0 Å². The van der Waals surface area contributed by atoms with E-state index in [1.54, 1.807) is 23.1 Å². The van der Waals surface area contributed by atoms with Gasteiger partial charge in [-0.05, 0) is 42.3 Å². The summed E-state index contributed by atoms with van der Waals surface area (Å²) in [4.78, 5) is 1.30. The minimum absolute atomic E-state index is 0.938. The van der Waals surface area contributed by atoms with Gasteiger partial charge in [-0.25, -0.2) is 0 Å². The molecular formula is C10H11NS2. The number of hydrogen-bond acceptors (Lipinski definition) is 3. The molecule has 13 heavy (non-hydrogen) atoms. The Balaban J connectivity index is 2.75. The van der Waals surface area contributed by atoms with Gasteiger partial charge in [0.2, 0.25) is 0 Å². The predicted molar refractivity (Wildman–Crippen MR) is 62.8 cm³/mol. The van der Waals surface area contributed by atoms with Gasteiger partial charge in [0.1, 0.15) is 0 Å². The van der Waals surface area contributed by atoms with Crippen molar-refractivity contribution in [3.63, 3.8) is 0 Å². The molecule has 3 heteroatoms. The summed E-state index contributed by atoms with van der Waals surface area (Å²) < 4.78 is 1.28. The quantitative estimate of drug-likeness (QED) is 0.727. The van der Waals surface area contributed by atoms with E-state index in [4.69, 9.17) is 5.73 Å². The molecule has 1 heterocycles. The normalized spacial score (nSPS) is 10.9. The minimum Gasteiger partial charge on any atom is -0.390 e. The van der Waals surface area contributed by atoms with Crippen LogP contribution in [0.4, 0.5) is 5.00 Å². The predicted octanol–water partition coefficient (Wildman–Crippen LogP) is 3.51. The molecule has 1 nitrogen and oxygen atoms in total. The number of anilines is 1. The second-order valence-corrected chi connectivity index (χ2v) is 4.92. The Kier molecular flexibility index (Phi) is 2.22. The van der Waals surface area contributed by atoms with Crippen LogP contribution < -0.4 is 5.73 Å². The zero-order valence-electron chi connectivity index (χ0n) is 7.63. The topological polar surface area (TPSA) is 26.0 Å². The summed E-state index contributed by atoms with van der Waals surface area (Å²) in [5.41, 5.74) is 7.07. The van der Waals surface area contributed by atoms with E-state index in [1.807, 2.05) is 0 Å². The molecule has 0 aliphatic carbocycles. The van der Waals surface area contributed by atoms with Crippen LogP contribution in [0.5, 0.6) is 0 Å². The molecule has 2 N–H and O–H groups in total. The summed E-state index contributed by atoms with van der Waals surface area (Å²) in [7, 11) is 0. The number of benzene rings is 1. The molecule has 0 radical (unpaired) electrons. The Bertz CT molecular complexity index is 445. The van der Waals surface area contributed by atoms with Crippen LogP contribution in [0.15, 0.2) is 23.1 Å². The van der Waals surface area contributed by atoms with Crippen molar-refractivity contribution < 1.29 is 0 Å².